The average Bonchev–Trinajstić information content (AvgIpc) is 2.25. The third-order valence-electron chi connectivity index (χ3n) is 2.32. The number of hydrogen-bond donors (Lipinski definition) is 1. The van der Waals surface area contributed by atoms with Gasteiger partial charge < -0.3 is 15.4 Å². The molecule has 0 aliphatic rings. The summed E-state index contributed by atoms with van der Waals surface area (Å²) in [7, 11) is 1.53. The van der Waals surface area contributed by atoms with Gasteiger partial charge in [-0.15, -0.1) is 25.6 Å². The molecule has 0 radical (unpaired) electrons. The first kappa shape index (κ1) is 18.5. The molecule has 0 aliphatic heterocycles. The quantitative estimate of drug-likeness (QED) is 0.928. The molecule has 0 aliphatic carbocycles. The average molecular weight is 313 g/mol. The zero-order valence-electron chi connectivity index (χ0n) is 11.0. The van der Waals surface area contributed by atoms with Crippen LogP contribution < -0.4 is 10.5 Å². The first-order valence-corrected chi connectivity index (χ1v) is 5.54. The second kappa shape index (κ2) is 7.35. The number of nitrogens with two attached hydrogens (primary N) is 1. The molecule has 2 N–H and O–H groups in total. The lowest BCUT2D eigenvalue weighted by Gasteiger charge is -2.19. The van der Waals surface area contributed by atoms with Gasteiger partial charge >= 0.3 is 6.36 Å². The van der Waals surface area contributed by atoms with Crippen LogP contribution in [0.2, 0.25) is 0 Å². The van der Waals surface area contributed by atoms with Crippen LogP contribution in [0.25, 0.3) is 0 Å². The number of amides is 1. The van der Waals surface area contributed by atoms with E-state index in [0.29, 0.717) is 5.56 Å². The monoisotopic (exact) mass is 312 g/mol. The summed E-state index contributed by atoms with van der Waals surface area (Å²) in [4.78, 5) is 12.9. The molecule has 1 rings (SSSR count). The molecule has 1 amide bonds. The van der Waals surface area contributed by atoms with E-state index in [2.05, 4.69) is 4.74 Å². The van der Waals surface area contributed by atoms with Crippen LogP contribution in [0.3, 0.4) is 0 Å². The van der Waals surface area contributed by atoms with Crippen molar-refractivity contribution < 1.29 is 22.7 Å². The topological polar surface area (TPSA) is 55.6 Å². The van der Waals surface area contributed by atoms with Gasteiger partial charge in [0.2, 0.25) is 5.91 Å². The number of rotatable bonds is 4. The van der Waals surface area contributed by atoms with E-state index in [1.165, 1.54) is 30.1 Å². The molecule has 1 aromatic carbocycles. The first-order chi connectivity index (χ1) is 8.69. The van der Waals surface area contributed by atoms with E-state index in [4.69, 9.17) is 5.73 Å². The van der Waals surface area contributed by atoms with Gasteiger partial charge in [0.1, 0.15) is 5.75 Å². The summed E-state index contributed by atoms with van der Waals surface area (Å²) < 4.78 is 40.0. The van der Waals surface area contributed by atoms with Crippen LogP contribution in [0, 0.1) is 0 Å². The maximum Gasteiger partial charge on any atom is 0.573 e. The minimum Gasteiger partial charge on any atom is -0.406 e. The van der Waals surface area contributed by atoms with Crippen LogP contribution in [-0.4, -0.2) is 30.3 Å². The van der Waals surface area contributed by atoms with Gasteiger partial charge in [0.05, 0.1) is 6.04 Å². The van der Waals surface area contributed by atoms with Gasteiger partial charge in [0.25, 0.3) is 0 Å². The van der Waals surface area contributed by atoms with Crippen molar-refractivity contribution in [2.45, 2.75) is 25.9 Å². The fraction of sp³-hybridized carbons (Fsp3) is 0.417. The lowest BCUT2D eigenvalue weighted by Crippen LogP contribution is -2.39. The van der Waals surface area contributed by atoms with Gasteiger partial charge in [-0.1, -0.05) is 12.1 Å². The molecule has 1 atom stereocenters. The SMILES string of the molecule is C[C@H](N)C(=O)N(C)Cc1cccc(OC(F)(F)F)c1.Cl. The fourth-order valence-corrected chi connectivity index (χ4v) is 1.54. The highest BCUT2D eigenvalue weighted by molar-refractivity contribution is 5.85. The van der Waals surface area contributed by atoms with Crippen LogP contribution in [0.4, 0.5) is 13.2 Å². The summed E-state index contributed by atoms with van der Waals surface area (Å²) in [6, 6.07) is 4.82. The highest BCUT2D eigenvalue weighted by Gasteiger charge is 2.31. The molecule has 0 spiro atoms. The molecule has 114 valence electrons. The second-order valence-corrected chi connectivity index (χ2v) is 4.18. The summed E-state index contributed by atoms with van der Waals surface area (Å²) in [5, 5.41) is 0. The van der Waals surface area contributed by atoms with Gasteiger partial charge in [0.15, 0.2) is 0 Å². The molecule has 0 heterocycles. The summed E-state index contributed by atoms with van der Waals surface area (Å²) in [6.07, 6.45) is -4.73. The summed E-state index contributed by atoms with van der Waals surface area (Å²) >= 11 is 0. The van der Waals surface area contributed by atoms with E-state index in [1.54, 1.807) is 13.0 Å². The first-order valence-electron chi connectivity index (χ1n) is 5.54. The van der Waals surface area contributed by atoms with Crippen molar-refractivity contribution in [2.24, 2.45) is 5.73 Å². The molecule has 1 aromatic rings. The van der Waals surface area contributed by atoms with Crippen molar-refractivity contribution in [3.63, 3.8) is 0 Å². The second-order valence-electron chi connectivity index (χ2n) is 4.18. The highest BCUT2D eigenvalue weighted by Crippen LogP contribution is 2.23. The van der Waals surface area contributed by atoms with E-state index >= 15 is 0 Å². The zero-order valence-corrected chi connectivity index (χ0v) is 11.8. The third-order valence-corrected chi connectivity index (χ3v) is 2.32. The van der Waals surface area contributed by atoms with Gasteiger partial charge in [-0.05, 0) is 24.6 Å². The van der Waals surface area contributed by atoms with Crippen LogP contribution in [0.1, 0.15) is 12.5 Å². The van der Waals surface area contributed by atoms with E-state index in [9.17, 15) is 18.0 Å². The van der Waals surface area contributed by atoms with Crippen molar-refractivity contribution >= 4 is 18.3 Å². The fourth-order valence-electron chi connectivity index (χ4n) is 1.54. The van der Waals surface area contributed by atoms with E-state index in [-0.39, 0.29) is 30.6 Å². The molecule has 0 saturated heterocycles. The number of ether oxygens (including phenoxy) is 1. The van der Waals surface area contributed by atoms with Gasteiger partial charge in [-0.25, -0.2) is 0 Å². The zero-order chi connectivity index (χ0) is 14.6. The summed E-state index contributed by atoms with van der Waals surface area (Å²) in [5.41, 5.74) is 5.97. The van der Waals surface area contributed by atoms with E-state index in [0.717, 1.165) is 0 Å². The Kier molecular flexibility index (Phi) is 6.81. The molecule has 0 aromatic heterocycles. The van der Waals surface area contributed by atoms with E-state index in [1.807, 2.05) is 0 Å². The number of benzene rings is 1. The summed E-state index contributed by atoms with van der Waals surface area (Å²) in [6.45, 7) is 1.71. The smallest absolute Gasteiger partial charge is 0.406 e. The van der Waals surface area contributed by atoms with Crippen LogP contribution in [0.15, 0.2) is 24.3 Å². The number of nitrogens with zero attached hydrogens (tertiary/aromatic N) is 1. The lowest BCUT2D eigenvalue weighted by atomic mass is 10.2. The maximum absolute atomic E-state index is 12.1. The Morgan fingerprint density at radius 3 is 2.55 bits per heavy atom. The maximum atomic E-state index is 12.1. The normalized spacial score (nSPS) is 12.3. The molecule has 4 nitrogen and oxygen atoms in total. The number of alkyl halides is 3. The molecular formula is C12H16ClF3N2O2. The standard InChI is InChI=1S/C12H15F3N2O2.ClH/c1-8(16)11(18)17(2)7-9-4-3-5-10(6-9)19-12(13,14)15;/h3-6,8H,7,16H2,1-2H3;1H/t8-;/m0./s1. The largest absolute Gasteiger partial charge is 0.573 e. The van der Waals surface area contributed by atoms with Gasteiger partial charge in [-0.3, -0.25) is 4.79 Å². The van der Waals surface area contributed by atoms with Crippen LogP contribution in [-0.2, 0) is 11.3 Å². The minimum atomic E-state index is -4.73. The third kappa shape index (κ3) is 6.12. The molecule has 0 saturated carbocycles. The number of hydrogen-bond acceptors (Lipinski definition) is 3. The number of likely N-dealkylation sites (N-methyl/N-ethyl adjacent to an activating group) is 1. The lowest BCUT2D eigenvalue weighted by molar-refractivity contribution is -0.274. The number of carbonyl (C=O) groups is 1. The Hall–Kier alpha value is -1.47. The molecule has 0 fully saturated rings. The predicted octanol–water partition coefficient (Wildman–Crippen LogP) is 2.31. The molecular weight excluding hydrogens is 297 g/mol. The number of halogens is 4. The van der Waals surface area contributed by atoms with Gasteiger partial charge in [0, 0.05) is 13.6 Å². The molecule has 20 heavy (non-hydrogen) atoms. The molecule has 0 unspecified atom stereocenters. The van der Waals surface area contributed by atoms with Crippen LogP contribution in [0.5, 0.6) is 5.75 Å². The van der Waals surface area contributed by atoms with E-state index < -0.39 is 12.4 Å². The molecule has 0 bridgehead atoms. The Balaban J connectivity index is 0.00000361. The van der Waals surface area contributed by atoms with Crippen molar-refractivity contribution in [1.29, 1.82) is 0 Å². The Morgan fingerprint density at radius 1 is 1.45 bits per heavy atom. The van der Waals surface area contributed by atoms with Crippen LogP contribution >= 0.6 is 12.4 Å². The number of carbonyl (C=O) groups excluding carboxylic acids is 1. The molecule has 8 heteroatoms. The van der Waals surface area contributed by atoms with Crippen molar-refractivity contribution in [1.82, 2.24) is 4.90 Å². The summed E-state index contributed by atoms with van der Waals surface area (Å²) in [5.74, 6) is -0.603. The predicted molar refractivity (Wildman–Crippen MR) is 70.5 cm³/mol. The Bertz CT molecular complexity index is 453. The van der Waals surface area contributed by atoms with Crippen molar-refractivity contribution in [3.8, 4) is 5.75 Å². The Labute approximate surface area is 121 Å². The van der Waals surface area contributed by atoms with Crippen molar-refractivity contribution in [2.75, 3.05) is 7.05 Å². The Morgan fingerprint density at radius 2 is 2.05 bits per heavy atom. The van der Waals surface area contributed by atoms with Gasteiger partial charge in [-0.2, -0.15) is 0 Å². The highest BCUT2D eigenvalue weighted by atomic mass is 35.5. The minimum absolute atomic E-state index is 0. The van der Waals surface area contributed by atoms with Crippen molar-refractivity contribution in [3.05, 3.63) is 29.8 Å².